The lowest BCUT2D eigenvalue weighted by Crippen LogP contribution is -1.92. The second-order valence-electron chi connectivity index (χ2n) is 2.14. The van der Waals surface area contributed by atoms with Gasteiger partial charge in [-0.1, -0.05) is 23.2 Å². The first-order chi connectivity index (χ1) is 6.43. The highest BCUT2D eigenvalue weighted by atomic mass is 35.5. The molecule has 82 valence electrons. The van der Waals surface area contributed by atoms with E-state index in [9.17, 15) is 4.57 Å². The van der Waals surface area contributed by atoms with E-state index in [2.05, 4.69) is 9.05 Å². The van der Waals surface area contributed by atoms with Crippen LogP contribution in [0.5, 0.6) is 0 Å². The van der Waals surface area contributed by atoms with Crippen LogP contribution in [0.25, 0.3) is 0 Å². The normalized spacial score (nSPS) is 12.5. The minimum Gasteiger partial charge on any atom is -0.409 e. The summed E-state index contributed by atoms with van der Waals surface area (Å²) in [4.78, 5) is 0. The second-order valence-corrected chi connectivity index (χ2v) is 4.95. The van der Waals surface area contributed by atoms with Crippen LogP contribution in [0.1, 0.15) is 6.92 Å². The Morgan fingerprint density at radius 2 is 1.71 bits per heavy atom. The largest absolute Gasteiger partial charge is 0.529 e. The summed E-state index contributed by atoms with van der Waals surface area (Å²) < 4.78 is 25.5. The monoisotopic (exact) mass is 260 g/mol. The zero-order valence-corrected chi connectivity index (χ0v) is 10.4. The van der Waals surface area contributed by atoms with Crippen molar-refractivity contribution in [3.05, 3.63) is 22.4 Å². The Labute approximate surface area is 93.0 Å². The third kappa shape index (κ3) is 5.68. The van der Waals surface area contributed by atoms with Gasteiger partial charge in [0.25, 0.3) is 0 Å². The van der Waals surface area contributed by atoms with Crippen LogP contribution in [0.4, 0.5) is 0 Å². The number of hydrogen-bond donors (Lipinski definition) is 0. The highest BCUT2D eigenvalue weighted by molar-refractivity contribution is 7.48. The van der Waals surface area contributed by atoms with Crippen molar-refractivity contribution in [3.63, 3.8) is 0 Å². The Morgan fingerprint density at radius 1 is 1.21 bits per heavy atom. The molecule has 0 saturated carbocycles. The molecular formula is C7H11Cl2O4P. The van der Waals surface area contributed by atoms with Crippen molar-refractivity contribution in [2.75, 3.05) is 14.2 Å². The Hall–Kier alpha value is 0.01000. The maximum absolute atomic E-state index is 11.4. The van der Waals surface area contributed by atoms with Gasteiger partial charge in [0.1, 0.15) is 10.3 Å². The number of allylic oxidation sites excluding steroid dienone is 3. The Morgan fingerprint density at radius 3 is 2.07 bits per heavy atom. The van der Waals surface area contributed by atoms with E-state index in [-0.39, 0.29) is 4.49 Å². The molecule has 0 amide bonds. The van der Waals surface area contributed by atoms with Crippen molar-refractivity contribution in [1.82, 2.24) is 0 Å². The number of phosphoric ester groups is 1. The molecule has 7 heteroatoms. The average Bonchev–Trinajstić information content (AvgIpc) is 2.14. The van der Waals surface area contributed by atoms with E-state index >= 15 is 0 Å². The van der Waals surface area contributed by atoms with Gasteiger partial charge < -0.3 is 4.52 Å². The summed E-state index contributed by atoms with van der Waals surface area (Å²) in [5.41, 5.74) is 0. The average molecular weight is 261 g/mol. The maximum Gasteiger partial charge on any atom is 0.529 e. The van der Waals surface area contributed by atoms with Crippen LogP contribution in [-0.4, -0.2) is 14.2 Å². The van der Waals surface area contributed by atoms with E-state index in [1.165, 1.54) is 26.4 Å². The first kappa shape index (κ1) is 14.0. The van der Waals surface area contributed by atoms with Crippen LogP contribution in [0.3, 0.4) is 0 Å². The predicted molar refractivity (Wildman–Crippen MR) is 56.3 cm³/mol. The quantitative estimate of drug-likeness (QED) is 0.430. The molecule has 0 aromatic rings. The fourth-order valence-corrected chi connectivity index (χ4v) is 1.37. The van der Waals surface area contributed by atoms with Crippen molar-refractivity contribution < 1.29 is 18.1 Å². The predicted octanol–water partition coefficient (Wildman–Crippen LogP) is 3.63. The molecule has 0 aromatic heterocycles. The summed E-state index contributed by atoms with van der Waals surface area (Å²) >= 11 is 10.7. The van der Waals surface area contributed by atoms with Crippen LogP contribution in [0, 0.1) is 0 Å². The lowest BCUT2D eigenvalue weighted by Gasteiger charge is -2.13. The smallest absolute Gasteiger partial charge is 0.409 e. The van der Waals surface area contributed by atoms with Gasteiger partial charge in [-0.05, 0) is 19.1 Å². The van der Waals surface area contributed by atoms with Gasteiger partial charge in [0.2, 0.25) is 0 Å². The Kier molecular flexibility index (Phi) is 6.49. The highest BCUT2D eigenvalue weighted by Gasteiger charge is 2.23. The van der Waals surface area contributed by atoms with Gasteiger partial charge in [0, 0.05) is 14.2 Å². The molecule has 0 atom stereocenters. The summed E-state index contributed by atoms with van der Waals surface area (Å²) in [6.45, 7) is 1.57. The molecule has 0 spiro atoms. The van der Waals surface area contributed by atoms with Gasteiger partial charge in [0.05, 0.1) is 0 Å². The molecule has 4 nitrogen and oxygen atoms in total. The molecule has 0 unspecified atom stereocenters. The molecule has 0 aromatic carbocycles. The molecule has 0 aliphatic carbocycles. The van der Waals surface area contributed by atoms with Crippen molar-refractivity contribution >= 4 is 31.0 Å². The molecule has 0 aliphatic heterocycles. The van der Waals surface area contributed by atoms with E-state index in [1.54, 1.807) is 6.92 Å². The number of halogens is 2. The number of phosphoric acid groups is 1. The molecule has 0 heterocycles. The van der Waals surface area contributed by atoms with Crippen molar-refractivity contribution in [1.29, 1.82) is 0 Å². The van der Waals surface area contributed by atoms with Gasteiger partial charge in [-0.3, -0.25) is 9.05 Å². The fourth-order valence-electron chi connectivity index (χ4n) is 0.536. The first-order valence-electron chi connectivity index (χ1n) is 3.54. The molecule has 0 rings (SSSR count). The topological polar surface area (TPSA) is 44.8 Å². The molecule has 0 radical (unpaired) electrons. The Balaban J connectivity index is 4.45. The second kappa shape index (κ2) is 6.49. The number of rotatable bonds is 5. The molecule has 0 fully saturated rings. The zero-order chi connectivity index (χ0) is 11.2. The fraction of sp³-hybridized carbons (Fsp3) is 0.429. The number of hydrogen-bond acceptors (Lipinski definition) is 4. The van der Waals surface area contributed by atoms with E-state index in [0.717, 1.165) is 0 Å². The summed E-state index contributed by atoms with van der Waals surface area (Å²) in [5, 5.41) is 0. The van der Waals surface area contributed by atoms with Crippen molar-refractivity contribution in [2.24, 2.45) is 0 Å². The van der Waals surface area contributed by atoms with Crippen LogP contribution in [0.2, 0.25) is 0 Å². The van der Waals surface area contributed by atoms with Gasteiger partial charge in [-0.25, -0.2) is 4.57 Å². The molecular weight excluding hydrogens is 250 g/mol. The van der Waals surface area contributed by atoms with Crippen LogP contribution in [0.15, 0.2) is 22.4 Å². The van der Waals surface area contributed by atoms with Crippen LogP contribution >= 0.6 is 31.0 Å². The molecule has 0 saturated heterocycles. The van der Waals surface area contributed by atoms with Crippen molar-refractivity contribution in [2.45, 2.75) is 6.92 Å². The highest BCUT2D eigenvalue weighted by Crippen LogP contribution is 2.49. The third-order valence-electron chi connectivity index (χ3n) is 1.15. The van der Waals surface area contributed by atoms with Gasteiger partial charge in [-0.15, -0.1) is 0 Å². The third-order valence-corrected chi connectivity index (χ3v) is 2.81. The summed E-state index contributed by atoms with van der Waals surface area (Å²) in [7, 11) is -1.03. The molecule has 14 heavy (non-hydrogen) atoms. The van der Waals surface area contributed by atoms with Crippen LogP contribution < -0.4 is 0 Å². The van der Waals surface area contributed by atoms with Crippen molar-refractivity contribution in [3.8, 4) is 0 Å². The van der Waals surface area contributed by atoms with E-state index in [4.69, 9.17) is 27.7 Å². The summed E-state index contributed by atoms with van der Waals surface area (Å²) in [6.07, 6.45) is 2.83. The van der Waals surface area contributed by atoms with Crippen LogP contribution in [-0.2, 0) is 18.1 Å². The summed E-state index contributed by atoms with van der Waals surface area (Å²) in [5.74, 6) is 0.316. The summed E-state index contributed by atoms with van der Waals surface area (Å²) in [6, 6.07) is 0. The first-order valence-corrected chi connectivity index (χ1v) is 5.76. The molecule has 0 aliphatic rings. The van der Waals surface area contributed by atoms with Gasteiger partial charge in [-0.2, -0.15) is 0 Å². The van der Waals surface area contributed by atoms with Gasteiger partial charge >= 0.3 is 7.82 Å². The molecule has 0 N–H and O–H groups in total. The molecule has 0 bridgehead atoms. The van der Waals surface area contributed by atoms with E-state index in [1.807, 2.05) is 0 Å². The van der Waals surface area contributed by atoms with E-state index < -0.39 is 7.82 Å². The standard InChI is InChI=1S/C7H11Cl2O4P/c1-6(4-5-7(8)9)13-14(10,11-2)12-3/h4-5H,1-3H3/b6-4-. The SMILES string of the molecule is COP(=O)(OC)O/C(C)=C\C=C(Cl)Cl. The lowest BCUT2D eigenvalue weighted by atomic mass is 10.5. The van der Waals surface area contributed by atoms with E-state index in [0.29, 0.717) is 5.76 Å². The minimum atomic E-state index is -3.48. The maximum atomic E-state index is 11.4. The minimum absolute atomic E-state index is 0.0672. The Bertz CT molecular complexity index is 275. The lowest BCUT2D eigenvalue weighted by molar-refractivity contribution is 0.183. The van der Waals surface area contributed by atoms with Gasteiger partial charge in [0.15, 0.2) is 0 Å². The zero-order valence-electron chi connectivity index (χ0n) is 7.99.